The van der Waals surface area contributed by atoms with E-state index in [0.717, 1.165) is 25.2 Å². The number of aryl methyl sites for hydroxylation is 1. The van der Waals surface area contributed by atoms with Gasteiger partial charge in [-0.2, -0.15) is 0 Å². The fraction of sp³-hybridized carbons (Fsp3) is 0.231. The largest absolute Gasteiger partial charge is 0.455 e. The molecule has 1 aromatic carbocycles. The van der Waals surface area contributed by atoms with Gasteiger partial charge in [-0.3, -0.25) is 0 Å². The molecule has 3 nitrogen and oxygen atoms in total. The first-order chi connectivity index (χ1) is 8.33. The highest BCUT2D eigenvalue weighted by molar-refractivity contribution is 5.33. The van der Waals surface area contributed by atoms with Crippen LogP contribution in [0.15, 0.2) is 36.7 Å². The monoisotopic (exact) mass is 230 g/mol. The highest BCUT2D eigenvalue weighted by Crippen LogP contribution is 2.33. The van der Waals surface area contributed by atoms with Crippen molar-refractivity contribution in [2.24, 2.45) is 0 Å². The molecular weight excluding hydrogens is 219 g/mol. The summed E-state index contributed by atoms with van der Waals surface area (Å²) in [5, 5.41) is 0. The summed E-state index contributed by atoms with van der Waals surface area (Å²) < 4.78 is 18.3. The first-order valence-electron chi connectivity index (χ1n) is 5.55. The Balaban J connectivity index is 1.81. The predicted octanol–water partition coefficient (Wildman–Crippen LogP) is 2.68. The molecule has 1 atom stereocenters. The third-order valence-electron chi connectivity index (χ3n) is 2.92. The SMILES string of the molecule is Fc1cnc(OC2CCc3ccccc32)nc1. The summed E-state index contributed by atoms with van der Waals surface area (Å²) in [7, 11) is 0. The number of hydrogen-bond acceptors (Lipinski definition) is 3. The number of nitrogens with zero attached hydrogens (tertiary/aromatic N) is 2. The van der Waals surface area contributed by atoms with E-state index in [1.54, 1.807) is 0 Å². The van der Waals surface area contributed by atoms with Crippen molar-refractivity contribution in [3.8, 4) is 6.01 Å². The van der Waals surface area contributed by atoms with Gasteiger partial charge in [0.25, 0.3) is 0 Å². The quantitative estimate of drug-likeness (QED) is 0.795. The fourth-order valence-corrected chi connectivity index (χ4v) is 2.13. The van der Waals surface area contributed by atoms with Crippen molar-refractivity contribution in [2.75, 3.05) is 0 Å². The summed E-state index contributed by atoms with van der Waals surface area (Å²) in [5.41, 5.74) is 2.49. The third-order valence-corrected chi connectivity index (χ3v) is 2.92. The lowest BCUT2D eigenvalue weighted by Crippen LogP contribution is -2.06. The number of ether oxygens (including phenoxy) is 1. The summed E-state index contributed by atoms with van der Waals surface area (Å²) in [5.74, 6) is -0.454. The van der Waals surface area contributed by atoms with Gasteiger partial charge in [-0.25, -0.2) is 14.4 Å². The molecule has 0 N–H and O–H groups in total. The van der Waals surface area contributed by atoms with Crippen molar-refractivity contribution in [3.63, 3.8) is 0 Å². The van der Waals surface area contributed by atoms with E-state index in [4.69, 9.17) is 4.74 Å². The Hall–Kier alpha value is -1.97. The van der Waals surface area contributed by atoms with E-state index in [1.165, 1.54) is 11.1 Å². The van der Waals surface area contributed by atoms with E-state index in [0.29, 0.717) is 0 Å². The molecule has 0 spiro atoms. The van der Waals surface area contributed by atoms with Gasteiger partial charge >= 0.3 is 6.01 Å². The zero-order valence-corrected chi connectivity index (χ0v) is 9.14. The minimum Gasteiger partial charge on any atom is -0.455 e. The van der Waals surface area contributed by atoms with Gasteiger partial charge in [-0.05, 0) is 24.0 Å². The van der Waals surface area contributed by atoms with Crippen LogP contribution in [0.3, 0.4) is 0 Å². The van der Waals surface area contributed by atoms with Crippen LogP contribution in [-0.2, 0) is 6.42 Å². The molecule has 0 saturated carbocycles. The molecule has 0 bridgehead atoms. The second kappa shape index (κ2) is 4.13. The van der Waals surface area contributed by atoms with Gasteiger partial charge in [0.05, 0.1) is 12.4 Å². The minimum atomic E-state index is -0.454. The zero-order chi connectivity index (χ0) is 11.7. The van der Waals surface area contributed by atoms with Gasteiger partial charge < -0.3 is 4.74 Å². The molecule has 1 aliphatic rings. The van der Waals surface area contributed by atoms with Crippen LogP contribution in [0.4, 0.5) is 4.39 Å². The molecule has 3 rings (SSSR count). The average molecular weight is 230 g/mol. The van der Waals surface area contributed by atoms with E-state index in [1.807, 2.05) is 12.1 Å². The summed E-state index contributed by atoms with van der Waals surface area (Å²) >= 11 is 0. The van der Waals surface area contributed by atoms with Crippen LogP contribution >= 0.6 is 0 Å². The number of halogens is 1. The van der Waals surface area contributed by atoms with E-state index < -0.39 is 5.82 Å². The smallest absolute Gasteiger partial charge is 0.317 e. The van der Waals surface area contributed by atoms with Crippen molar-refractivity contribution in [1.82, 2.24) is 9.97 Å². The number of aromatic nitrogens is 2. The first-order valence-corrected chi connectivity index (χ1v) is 5.55. The molecule has 1 unspecified atom stereocenters. The number of rotatable bonds is 2. The van der Waals surface area contributed by atoms with Crippen LogP contribution in [-0.4, -0.2) is 9.97 Å². The van der Waals surface area contributed by atoms with Crippen LogP contribution in [0.1, 0.15) is 23.7 Å². The summed E-state index contributed by atoms with van der Waals surface area (Å²) in [6, 6.07) is 8.40. The molecule has 4 heteroatoms. The van der Waals surface area contributed by atoms with E-state index in [9.17, 15) is 4.39 Å². The van der Waals surface area contributed by atoms with Crippen LogP contribution in [0.5, 0.6) is 6.01 Å². The molecule has 0 amide bonds. The van der Waals surface area contributed by atoms with Gasteiger partial charge in [0, 0.05) is 0 Å². The minimum absolute atomic E-state index is 0.0170. The predicted molar refractivity (Wildman–Crippen MR) is 60.1 cm³/mol. The lowest BCUT2D eigenvalue weighted by molar-refractivity contribution is 0.189. The third kappa shape index (κ3) is 1.98. The van der Waals surface area contributed by atoms with Gasteiger partial charge in [-0.15, -0.1) is 0 Å². The van der Waals surface area contributed by atoms with E-state index in [2.05, 4.69) is 22.1 Å². The maximum Gasteiger partial charge on any atom is 0.317 e. The van der Waals surface area contributed by atoms with Crippen molar-refractivity contribution in [3.05, 3.63) is 53.6 Å². The Kier molecular flexibility index (Phi) is 2.48. The normalized spacial score (nSPS) is 17.8. The Labute approximate surface area is 98.3 Å². The lowest BCUT2D eigenvalue weighted by Gasteiger charge is -2.12. The Morgan fingerprint density at radius 1 is 1.18 bits per heavy atom. The number of hydrogen-bond donors (Lipinski definition) is 0. The van der Waals surface area contributed by atoms with Crippen LogP contribution in [0, 0.1) is 5.82 Å². The van der Waals surface area contributed by atoms with E-state index >= 15 is 0 Å². The maximum atomic E-state index is 12.7. The number of fused-ring (bicyclic) bond motifs is 1. The molecule has 17 heavy (non-hydrogen) atoms. The van der Waals surface area contributed by atoms with Gasteiger partial charge in [0.2, 0.25) is 0 Å². The molecule has 1 heterocycles. The Bertz CT molecular complexity index is 527. The molecule has 86 valence electrons. The zero-order valence-electron chi connectivity index (χ0n) is 9.14. The average Bonchev–Trinajstić information content (AvgIpc) is 2.76. The standard InChI is InChI=1S/C13H11FN2O/c14-10-7-15-13(16-8-10)17-12-6-5-9-3-1-2-4-11(9)12/h1-4,7-8,12H,5-6H2. The van der Waals surface area contributed by atoms with Crippen molar-refractivity contribution in [1.29, 1.82) is 0 Å². The maximum absolute atomic E-state index is 12.7. The fourth-order valence-electron chi connectivity index (χ4n) is 2.13. The van der Waals surface area contributed by atoms with Crippen molar-refractivity contribution >= 4 is 0 Å². The molecule has 0 aliphatic heterocycles. The molecule has 0 fully saturated rings. The molecule has 1 aromatic heterocycles. The molecular formula is C13H11FN2O. The Morgan fingerprint density at radius 2 is 1.94 bits per heavy atom. The highest BCUT2D eigenvalue weighted by Gasteiger charge is 2.24. The summed E-state index contributed by atoms with van der Waals surface area (Å²) in [4.78, 5) is 7.61. The van der Waals surface area contributed by atoms with Gasteiger partial charge in [0.15, 0.2) is 5.82 Å². The van der Waals surface area contributed by atoms with Gasteiger partial charge in [-0.1, -0.05) is 24.3 Å². The van der Waals surface area contributed by atoms with Crippen molar-refractivity contribution < 1.29 is 9.13 Å². The van der Waals surface area contributed by atoms with Crippen LogP contribution in [0.2, 0.25) is 0 Å². The second-order valence-corrected chi connectivity index (χ2v) is 4.03. The Morgan fingerprint density at radius 3 is 2.76 bits per heavy atom. The summed E-state index contributed by atoms with van der Waals surface area (Å²) in [6.07, 6.45) is 4.13. The highest BCUT2D eigenvalue weighted by atomic mass is 19.1. The van der Waals surface area contributed by atoms with Crippen molar-refractivity contribution in [2.45, 2.75) is 18.9 Å². The van der Waals surface area contributed by atoms with Crippen LogP contribution in [0.25, 0.3) is 0 Å². The van der Waals surface area contributed by atoms with Gasteiger partial charge in [0.1, 0.15) is 6.10 Å². The molecule has 0 radical (unpaired) electrons. The van der Waals surface area contributed by atoms with E-state index in [-0.39, 0.29) is 12.1 Å². The van der Waals surface area contributed by atoms with Crippen LogP contribution < -0.4 is 4.74 Å². The first kappa shape index (κ1) is 10.2. The summed E-state index contributed by atoms with van der Waals surface area (Å²) in [6.45, 7) is 0. The topological polar surface area (TPSA) is 35.0 Å². The molecule has 1 aliphatic carbocycles. The molecule has 2 aromatic rings. The number of benzene rings is 1. The molecule has 0 saturated heterocycles. The second-order valence-electron chi connectivity index (χ2n) is 4.03. The lowest BCUT2D eigenvalue weighted by atomic mass is 10.1.